The van der Waals surface area contributed by atoms with Gasteiger partial charge in [0.2, 0.25) is 6.29 Å². The molecule has 5 atom stereocenters. The molecule has 8 heteroatoms. The van der Waals surface area contributed by atoms with E-state index in [2.05, 4.69) is 4.98 Å². The van der Waals surface area contributed by atoms with Crippen molar-refractivity contribution in [2.75, 3.05) is 6.61 Å². The highest BCUT2D eigenvalue weighted by Crippen LogP contribution is 2.23. The Morgan fingerprint density at radius 1 is 1.15 bits per heavy atom. The van der Waals surface area contributed by atoms with E-state index in [1.165, 1.54) is 0 Å². The van der Waals surface area contributed by atoms with Gasteiger partial charge in [0, 0.05) is 23.5 Å². The second-order valence-corrected chi connectivity index (χ2v) is 6.40. The number of esters is 1. The second-order valence-electron chi connectivity index (χ2n) is 6.40. The predicted molar refractivity (Wildman–Crippen MR) is 91.1 cm³/mol. The van der Waals surface area contributed by atoms with Gasteiger partial charge in [-0.15, -0.1) is 0 Å². The number of hydrogen-bond acceptors (Lipinski definition) is 7. The maximum atomic E-state index is 12.0. The van der Waals surface area contributed by atoms with Crippen LogP contribution in [0, 0.1) is 0 Å². The zero-order valence-electron chi connectivity index (χ0n) is 14.1. The number of H-pyrrole nitrogens is 1. The quantitative estimate of drug-likeness (QED) is 0.449. The number of aromatic nitrogens is 1. The first-order valence-electron chi connectivity index (χ1n) is 8.56. The van der Waals surface area contributed by atoms with Crippen molar-refractivity contribution in [3.63, 3.8) is 0 Å². The number of carbonyl (C=O) groups excluding carboxylic acids is 1. The van der Waals surface area contributed by atoms with Crippen molar-refractivity contribution in [1.29, 1.82) is 0 Å². The Morgan fingerprint density at radius 3 is 2.69 bits per heavy atom. The van der Waals surface area contributed by atoms with E-state index in [0.29, 0.717) is 12.8 Å². The number of aliphatic hydroxyl groups excluding tert-OH is 4. The summed E-state index contributed by atoms with van der Waals surface area (Å²) in [5.41, 5.74) is 2.13. The molecular weight excluding hydrogens is 342 g/mol. The lowest BCUT2D eigenvalue weighted by molar-refractivity contribution is -0.292. The number of carbonyl (C=O) groups is 1. The number of hydrogen-bond donors (Lipinski definition) is 5. The van der Waals surface area contributed by atoms with Gasteiger partial charge in [-0.05, 0) is 24.5 Å². The number of aliphatic hydroxyl groups is 4. The van der Waals surface area contributed by atoms with E-state index in [-0.39, 0.29) is 6.42 Å². The first-order valence-corrected chi connectivity index (χ1v) is 8.56. The minimum Gasteiger partial charge on any atom is -0.433 e. The topological polar surface area (TPSA) is 132 Å². The Morgan fingerprint density at radius 2 is 1.92 bits per heavy atom. The van der Waals surface area contributed by atoms with Gasteiger partial charge in [-0.1, -0.05) is 18.2 Å². The maximum absolute atomic E-state index is 12.0. The molecule has 0 amide bonds. The summed E-state index contributed by atoms with van der Waals surface area (Å²) in [6.45, 7) is -0.570. The van der Waals surface area contributed by atoms with Gasteiger partial charge in [0.05, 0.1) is 6.61 Å². The van der Waals surface area contributed by atoms with E-state index in [0.717, 1.165) is 16.5 Å². The van der Waals surface area contributed by atoms with E-state index < -0.39 is 43.3 Å². The van der Waals surface area contributed by atoms with Crippen molar-refractivity contribution in [3.05, 3.63) is 36.0 Å². The van der Waals surface area contributed by atoms with E-state index in [4.69, 9.17) is 14.6 Å². The second kappa shape index (κ2) is 8.15. The van der Waals surface area contributed by atoms with Crippen LogP contribution in [-0.2, 0) is 20.7 Å². The van der Waals surface area contributed by atoms with Crippen LogP contribution in [0.25, 0.3) is 10.9 Å². The van der Waals surface area contributed by atoms with Crippen LogP contribution in [0.2, 0.25) is 0 Å². The number of ether oxygens (including phenoxy) is 2. The summed E-state index contributed by atoms with van der Waals surface area (Å²) in [5.74, 6) is -0.589. The number of para-hydroxylation sites is 1. The summed E-state index contributed by atoms with van der Waals surface area (Å²) in [5, 5.41) is 39.5. The predicted octanol–water partition coefficient (Wildman–Crippen LogP) is -0.166. The third-order valence-electron chi connectivity index (χ3n) is 4.60. The molecule has 1 aliphatic heterocycles. The molecule has 0 bridgehead atoms. The molecule has 8 nitrogen and oxygen atoms in total. The largest absolute Gasteiger partial charge is 0.433 e. The average Bonchev–Trinajstić information content (AvgIpc) is 3.05. The van der Waals surface area contributed by atoms with Crippen molar-refractivity contribution < 1.29 is 34.7 Å². The normalized spacial score (nSPS) is 29.0. The summed E-state index contributed by atoms with van der Waals surface area (Å²) in [4.78, 5) is 15.2. The summed E-state index contributed by atoms with van der Waals surface area (Å²) < 4.78 is 10.2. The van der Waals surface area contributed by atoms with Crippen LogP contribution >= 0.6 is 0 Å². The zero-order valence-corrected chi connectivity index (χ0v) is 14.1. The molecule has 0 unspecified atom stereocenters. The third-order valence-corrected chi connectivity index (χ3v) is 4.60. The fraction of sp³-hybridized carbons (Fsp3) is 0.500. The number of nitrogens with one attached hydrogen (secondary N) is 1. The van der Waals surface area contributed by atoms with Gasteiger partial charge in [0.1, 0.15) is 24.4 Å². The average molecular weight is 365 g/mol. The minimum atomic E-state index is -1.58. The van der Waals surface area contributed by atoms with Crippen molar-refractivity contribution in [1.82, 2.24) is 4.98 Å². The molecule has 2 aromatic rings. The molecule has 2 heterocycles. The number of benzene rings is 1. The SMILES string of the molecule is O=C(CCCc1c[nH]c2ccccc12)O[C@H]1O[C@H](CO)[C@H](O)[C@@H](O)[C@H]1O. The van der Waals surface area contributed by atoms with E-state index in [9.17, 15) is 20.1 Å². The molecule has 0 spiro atoms. The van der Waals surface area contributed by atoms with Crippen LogP contribution in [0.3, 0.4) is 0 Å². The Bertz CT molecular complexity index is 744. The van der Waals surface area contributed by atoms with Gasteiger partial charge in [-0.2, -0.15) is 0 Å². The molecule has 1 aromatic heterocycles. The van der Waals surface area contributed by atoms with Crippen LogP contribution in [-0.4, -0.2) is 68.7 Å². The van der Waals surface area contributed by atoms with Gasteiger partial charge in [0.25, 0.3) is 0 Å². The minimum absolute atomic E-state index is 0.106. The molecule has 0 saturated carbocycles. The fourth-order valence-electron chi connectivity index (χ4n) is 3.11. The van der Waals surface area contributed by atoms with Crippen LogP contribution in [0.1, 0.15) is 18.4 Å². The molecule has 1 aliphatic rings. The Labute approximate surface area is 150 Å². The molecule has 1 fully saturated rings. The number of fused-ring (bicyclic) bond motifs is 1. The number of aryl methyl sites for hydroxylation is 1. The van der Waals surface area contributed by atoms with E-state index in [1.807, 2.05) is 30.5 Å². The number of rotatable bonds is 6. The van der Waals surface area contributed by atoms with Gasteiger partial charge < -0.3 is 34.9 Å². The molecule has 1 saturated heterocycles. The maximum Gasteiger partial charge on any atom is 0.308 e. The third kappa shape index (κ3) is 3.89. The van der Waals surface area contributed by atoms with Crippen molar-refractivity contribution in [3.8, 4) is 0 Å². The van der Waals surface area contributed by atoms with Crippen LogP contribution in [0.5, 0.6) is 0 Å². The highest BCUT2D eigenvalue weighted by molar-refractivity contribution is 5.83. The van der Waals surface area contributed by atoms with E-state index in [1.54, 1.807) is 0 Å². The Balaban J connectivity index is 1.51. The van der Waals surface area contributed by atoms with Gasteiger partial charge in [0.15, 0.2) is 0 Å². The monoisotopic (exact) mass is 365 g/mol. The summed E-state index contributed by atoms with van der Waals surface area (Å²) in [7, 11) is 0. The molecule has 3 rings (SSSR count). The molecule has 0 radical (unpaired) electrons. The molecule has 5 N–H and O–H groups in total. The lowest BCUT2D eigenvalue weighted by Crippen LogP contribution is -2.59. The highest BCUT2D eigenvalue weighted by Gasteiger charge is 2.45. The van der Waals surface area contributed by atoms with E-state index >= 15 is 0 Å². The number of aromatic amines is 1. The summed E-state index contributed by atoms with van der Waals surface area (Å²) in [6, 6.07) is 7.88. The smallest absolute Gasteiger partial charge is 0.308 e. The van der Waals surface area contributed by atoms with Crippen LogP contribution in [0.4, 0.5) is 0 Å². The lowest BCUT2D eigenvalue weighted by Gasteiger charge is -2.39. The molecule has 0 aliphatic carbocycles. The first-order chi connectivity index (χ1) is 12.5. The summed E-state index contributed by atoms with van der Waals surface area (Å²) in [6.07, 6.45) is -3.92. The van der Waals surface area contributed by atoms with Crippen molar-refractivity contribution in [2.45, 2.75) is 50.0 Å². The Hall–Kier alpha value is -1.97. The van der Waals surface area contributed by atoms with Crippen molar-refractivity contribution >= 4 is 16.9 Å². The first kappa shape index (κ1) is 18.8. The van der Waals surface area contributed by atoms with Crippen LogP contribution < -0.4 is 0 Å². The Kier molecular flexibility index (Phi) is 5.90. The zero-order chi connectivity index (χ0) is 18.7. The lowest BCUT2D eigenvalue weighted by atomic mass is 9.99. The molecule has 1 aromatic carbocycles. The highest BCUT2D eigenvalue weighted by atomic mass is 16.7. The van der Waals surface area contributed by atoms with Gasteiger partial charge >= 0.3 is 5.97 Å². The van der Waals surface area contributed by atoms with Crippen LogP contribution in [0.15, 0.2) is 30.5 Å². The van der Waals surface area contributed by atoms with Gasteiger partial charge in [-0.25, -0.2) is 0 Å². The van der Waals surface area contributed by atoms with Crippen molar-refractivity contribution in [2.24, 2.45) is 0 Å². The van der Waals surface area contributed by atoms with Gasteiger partial charge in [-0.3, -0.25) is 4.79 Å². The summed E-state index contributed by atoms with van der Waals surface area (Å²) >= 11 is 0. The standard InChI is InChI=1S/C18H23NO7/c20-9-13-15(22)16(23)17(24)18(25-13)26-14(21)7-3-4-10-8-19-12-6-2-1-5-11(10)12/h1-2,5-6,8,13,15-20,22-24H,3-4,7,9H2/t13-,15+,16-,17-,18-/m1/s1. The fourth-order valence-corrected chi connectivity index (χ4v) is 3.11. The molecule has 26 heavy (non-hydrogen) atoms. The molecular formula is C18H23NO7. The molecule has 142 valence electrons.